The van der Waals surface area contributed by atoms with E-state index in [9.17, 15) is 15.0 Å². The lowest BCUT2D eigenvalue weighted by Crippen LogP contribution is -2.30. The van der Waals surface area contributed by atoms with Crippen molar-refractivity contribution in [2.24, 2.45) is 0 Å². The van der Waals surface area contributed by atoms with Gasteiger partial charge in [0.1, 0.15) is 17.6 Å². The number of aromatic nitrogens is 1. The molecule has 7 nitrogen and oxygen atoms in total. The van der Waals surface area contributed by atoms with E-state index >= 15 is 0 Å². The molecule has 1 aliphatic heterocycles. The maximum Gasteiger partial charge on any atom is 0.335 e. The number of carbonyl (C=O) groups is 1. The number of furan rings is 1. The van der Waals surface area contributed by atoms with Gasteiger partial charge in [0.15, 0.2) is 5.11 Å². The Morgan fingerprint density at radius 3 is 2.81 bits per heavy atom. The second-order valence-corrected chi connectivity index (χ2v) is 7.89. The van der Waals surface area contributed by atoms with Crippen LogP contribution in [0, 0.1) is 0 Å². The van der Waals surface area contributed by atoms with Gasteiger partial charge in [-0.25, -0.2) is 4.79 Å². The monoisotopic (exact) mass is 457 g/mol. The molecule has 31 heavy (non-hydrogen) atoms. The molecule has 2 atom stereocenters. The van der Waals surface area contributed by atoms with Gasteiger partial charge in [-0.15, -0.1) is 0 Å². The fourth-order valence-corrected chi connectivity index (χ4v) is 4.24. The SMILES string of the molecule is O=C(O)c1ccc(Cl)c(-c2ccc([C@@H]3[C@@H](c4ccccn4)NC(=S)N3CCCO)o2)c1. The minimum atomic E-state index is -1.04. The number of aliphatic hydroxyl groups excluding tert-OH is 1. The number of pyridine rings is 1. The van der Waals surface area contributed by atoms with Crippen molar-refractivity contribution in [3.8, 4) is 11.3 Å². The maximum atomic E-state index is 11.4. The molecule has 0 radical (unpaired) electrons. The Morgan fingerprint density at radius 1 is 1.26 bits per heavy atom. The number of nitrogens with zero attached hydrogens (tertiary/aromatic N) is 2. The molecule has 1 fully saturated rings. The molecular weight excluding hydrogens is 438 g/mol. The number of thiocarbonyl (C=S) groups is 1. The van der Waals surface area contributed by atoms with E-state index in [1.165, 1.54) is 12.1 Å². The largest absolute Gasteiger partial charge is 0.478 e. The molecule has 9 heteroatoms. The molecule has 0 bridgehead atoms. The lowest BCUT2D eigenvalue weighted by molar-refractivity contribution is 0.0697. The summed E-state index contributed by atoms with van der Waals surface area (Å²) >= 11 is 11.9. The standard InChI is InChI=1S/C22H20ClN3O4S/c23-15-6-5-13(21(28)29)12-14(15)17-7-8-18(30-17)20-19(16-4-1-2-9-24-16)25-22(31)26(20)10-3-11-27/h1-2,4-9,12,19-20,27H,3,10-11H2,(H,25,31)(H,28,29)/t19-,20-/m1/s1. The van der Waals surface area contributed by atoms with Gasteiger partial charge in [-0.3, -0.25) is 4.98 Å². The summed E-state index contributed by atoms with van der Waals surface area (Å²) in [5.41, 5.74) is 1.43. The fourth-order valence-electron chi connectivity index (χ4n) is 3.70. The maximum absolute atomic E-state index is 11.4. The van der Waals surface area contributed by atoms with Gasteiger partial charge in [0.2, 0.25) is 0 Å². The number of hydrogen-bond donors (Lipinski definition) is 3. The Labute approximate surface area is 189 Å². The van der Waals surface area contributed by atoms with Gasteiger partial charge >= 0.3 is 5.97 Å². The number of hydrogen-bond acceptors (Lipinski definition) is 5. The van der Waals surface area contributed by atoms with E-state index in [0.29, 0.717) is 40.2 Å². The first-order valence-electron chi connectivity index (χ1n) is 9.71. The van der Waals surface area contributed by atoms with Gasteiger partial charge in [-0.05, 0) is 61.1 Å². The van der Waals surface area contributed by atoms with Crippen LogP contribution in [0.4, 0.5) is 0 Å². The number of aromatic carboxylic acids is 1. The first kappa shape index (κ1) is 21.3. The number of benzene rings is 1. The molecule has 3 heterocycles. The third kappa shape index (κ3) is 4.27. The first-order chi connectivity index (χ1) is 15.0. The summed E-state index contributed by atoms with van der Waals surface area (Å²) in [6.07, 6.45) is 2.27. The molecule has 0 aliphatic carbocycles. The van der Waals surface area contributed by atoms with Gasteiger partial charge in [0, 0.05) is 24.9 Å². The van der Waals surface area contributed by atoms with E-state index < -0.39 is 5.97 Å². The van der Waals surface area contributed by atoms with Crippen LogP contribution < -0.4 is 5.32 Å². The average Bonchev–Trinajstić information content (AvgIpc) is 3.37. The van der Waals surface area contributed by atoms with Crippen molar-refractivity contribution in [1.29, 1.82) is 0 Å². The van der Waals surface area contributed by atoms with Gasteiger partial charge in [0.05, 0.1) is 22.3 Å². The van der Waals surface area contributed by atoms with E-state index in [1.807, 2.05) is 29.2 Å². The Kier molecular flexibility index (Phi) is 6.22. The predicted octanol–water partition coefficient (Wildman–Crippen LogP) is 4.05. The highest BCUT2D eigenvalue weighted by atomic mass is 35.5. The molecular formula is C22H20ClN3O4S. The number of carboxylic acid groups (broad SMARTS) is 1. The van der Waals surface area contributed by atoms with Crippen LogP contribution in [0.3, 0.4) is 0 Å². The Balaban J connectivity index is 1.74. The minimum Gasteiger partial charge on any atom is -0.478 e. The topological polar surface area (TPSA) is 98.8 Å². The number of halogens is 1. The smallest absolute Gasteiger partial charge is 0.335 e. The molecule has 1 aliphatic rings. The van der Waals surface area contributed by atoms with Crippen LogP contribution in [-0.2, 0) is 0 Å². The highest BCUT2D eigenvalue weighted by Crippen LogP contribution is 2.41. The molecule has 1 aromatic carbocycles. The van der Waals surface area contributed by atoms with Gasteiger partial charge < -0.3 is 24.8 Å². The zero-order valence-electron chi connectivity index (χ0n) is 16.4. The molecule has 160 valence electrons. The van der Waals surface area contributed by atoms with Crippen LogP contribution >= 0.6 is 23.8 Å². The zero-order chi connectivity index (χ0) is 22.0. The molecule has 0 spiro atoms. The van der Waals surface area contributed by atoms with Crippen molar-refractivity contribution in [3.05, 3.63) is 76.8 Å². The highest BCUT2D eigenvalue weighted by molar-refractivity contribution is 7.80. The average molecular weight is 458 g/mol. The quantitative estimate of drug-likeness (QED) is 0.457. The second-order valence-electron chi connectivity index (χ2n) is 7.10. The van der Waals surface area contributed by atoms with Crippen molar-refractivity contribution < 1.29 is 19.4 Å². The zero-order valence-corrected chi connectivity index (χ0v) is 17.9. The van der Waals surface area contributed by atoms with Crippen molar-refractivity contribution in [3.63, 3.8) is 0 Å². The number of rotatable bonds is 7. The van der Waals surface area contributed by atoms with E-state index in [0.717, 1.165) is 5.69 Å². The highest BCUT2D eigenvalue weighted by Gasteiger charge is 2.41. The molecule has 2 aromatic heterocycles. The molecule has 3 N–H and O–H groups in total. The lowest BCUT2D eigenvalue weighted by atomic mass is 10.0. The van der Waals surface area contributed by atoms with Crippen molar-refractivity contribution in [2.45, 2.75) is 18.5 Å². The van der Waals surface area contributed by atoms with E-state index in [4.69, 9.17) is 28.2 Å². The van der Waals surface area contributed by atoms with Crippen LogP contribution in [0.2, 0.25) is 5.02 Å². The summed E-state index contributed by atoms with van der Waals surface area (Å²) in [5.74, 6) is 0.0518. The summed E-state index contributed by atoms with van der Waals surface area (Å²) in [7, 11) is 0. The van der Waals surface area contributed by atoms with Crippen LogP contribution in [-0.4, -0.2) is 44.3 Å². The van der Waals surface area contributed by atoms with Crippen molar-refractivity contribution in [2.75, 3.05) is 13.2 Å². The van der Waals surface area contributed by atoms with E-state index in [2.05, 4.69) is 10.3 Å². The molecule has 0 amide bonds. The molecule has 0 unspecified atom stereocenters. The third-order valence-corrected chi connectivity index (χ3v) is 5.83. The van der Waals surface area contributed by atoms with E-state index in [-0.39, 0.29) is 24.3 Å². The lowest BCUT2D eigenvalue weighted by Gasteiger charge is -2.25. The van der Waals surface area contributed by atoms with Gasteiger partial charge in [0.25, 0.3) is 0 Å². The summed E-state index contributed by atoms with van der Waals surface area (Å²) < 4.78 is 6.17. The minimum absolute atomic E-state index is 0.0427. The summed E-state index contributed by atoms with van der Waals surface area (Å²) in [6, 6.07) is 13.2. The Hall–Kier alpha value is -2.94. The van der Waals surface area contributed by atoms with Crippen molar-refractivity contribution >= 4 is 34.9 Å². The molecule has 1 saturated heterocycles. The molecule has 3 aromatic rings. The van der Waals surface area contributed by atoms with Crippen LogP contribution in [0.5, 0.6) is 0 Å². The first-order valence-corrected chi connectivity index (χ1v) is 10.5. The van der Waals surface area contributed by atoms with Crippen LogP contribution in [0.15, 0.2) is 59.1 Å². The van der Waals surface area contributed by atoms with Gasteiger partial charge in [-0.1, -0.05) is 17.7 Å². The Morgan fingerprint density at radius 2 is 2.10 bits per heavy atom. The predicted molar refractivity (Wildman–Crippen MR) is 120 cm³/mol. The number of aliphatic hydroxyl groups is 1. The molecule has 4 rings (SSSR count). The summed E-state index contributed by atoms with van der Waals surface area (Å²) in [4.78, 5) is 17.8. The number of nitrogens with one attached hydrogen (secondary N) is 1. The Bertz CT molecular complexity index is 1110. The molecule has 0 saturated carbocycles. The summed E-state index contributed by atoms with van der Waals surface area (Å²) in [5, 5.41) is 22.9. The van der Waals surface area contributed by atoms with Crippen LogP contribution in [0.25, 0.3) is 11.3 Å². The number of carboxylic acids is 1. The fraction of sp³-hybridized carbons (Fsp3) is 0.227. The van der Waals surface area contributed by atoms with Gasteiger partial charge in [-0.2, -0.15) is 0 Å². The second kappa shape index (κ2) is 9.05. The normalized spacial score (nSPS) is 18.3. The van der Waals surface area contributed by atoms with E-state index in [1.54, 1.807) is 18.3 Å². The third-order valence-electron chi connectivity index (χ3n) is 5.15. The summed E-state index contributed by atoms with van der Waals surface area (Å²) in [6.45, 7) is 0.586. The van der Waals surface area contributed by atoms with Crippen molar-refractivity contribution in [1.82, 2.24) is 15.2 Å². The van der Waals surface area contributed by atoms with Crippen LogP contribution in [0.1, 0.15) is 40.3 Å².